The predicted molar refractivity (Wildman–Crippen MR) is 212 cm³/mol. The topological polar surface area (TPSA) is 120 Å². The van der Waals surface area contributed by atoms with Crippen molar-refractivity contribution in [3.8, 4) is 17.2 Å². The number of carbonyl (C=O) groups excluding carboxylic acids is 4. The Bertz CT molecular complexity index is 2030. The average Bonchev–Trinajstić information content (AvgIpc) is 3.65. The van der Waals surface area contributed by atoms with Gasteiger partial charge in [-0.3, -0.25) is 38.8 Å². The Kier molecular flexibility index (Phi) is 10.1. The summed E-state index contributed by atoms with van der Waals surface area (Å²) in [6, 6.07) is 23.8. The fraction of sp³-hybridized carbons (Fsp3) is 0.478. The van der Waals surface area contributed by atoms with Crippen molar-refractivity contribution in [2.75, 3.05) is 40.4 Å². The summed E-state index contributed by atoms with van der Waals surface area (Å²) in [4.78, 5) is 66.4. The van der Waals surface area contributed by atoms with Gasteiger partial charge in [0.05, 0.1) is 37.9 Å². The molecule has 0 aromatic heterocycles. The minimum Gasteiger partial charge on any atom is -0.502 e. The minimum atomic E-state index is -0.685. The molecule has 4 heterocycles. The fourth-order valence-electron chi connectivity index (χ4n) is 11.2. The van der Waals surface area contributed by atoms with Gasteiger partial charge in [0.25, 0.3) is 0 Å². The Labute approximate surface area is 334 Å². The zero-order chi connectivity index (χ0) is 39.4. The number of rotatable bonds is 9. The van der Waals surface area contributed by atoms with Crippen LogP contribution in [0.25, 0.3) is 0 Å². The molecule has 2 aliphatic carbocycles. The first kappa shape index (κ1) is 37.6. The lowest BCUT2D eigenvalue weighted by Crippen LogP contribution is -2.48. The molecular formula is C46H52N4O7. The average molecular weight is 773 g/mol. The highest BCUT2D eigenvalue weighted by Gasteiger charge is 2.63. The van der Waals surface area contributed by atoms with E-state index in [4.69, 9.17) is 9.47 Å². The summed E-state index contributed by atoms with van der Waals surface area (Å²) in [5.74, 6) is -3.70. The van der Waals surface area contributed by atoms with E-state index in [0.717, 1.165) is 57.7 Å². The Morgan fingerprint density at radius 2 is 1.09 bits per heavy atom. The molecule has 3 aromatic rings. The van der Waals surface area contributed by atoms with Gasteiger partial charge in [-0.15, -0.1) is 0 Å². The number of benzene rings is 3. The van der Waals surface area contributed by atoms with E-state index in [1.165, 1.54) is 25.3 Å². The summed E-state index contributed by atoms with van der Waals surface area (Å²) in [5, 5.41) is 10.9. The second-order valence-corrected chi connectivity index (χ2v) is 16.9. The zero-order valence-electron chi connectivity index (χ0n) is 32.8. The lowest BCUT2D eigenvalue weighted by molar-refractivity contribution is -0.146. The van der Waals surface area contributed by atoms with Crippen molar-refractivity contribution in [1.82, 2.24) is 19.6 Å². The minimum absolute atomic E-state index is 0.105. The lowest BCUT2D eigenvalue weighted by atomic mass is 9.57. The summed E-state index contributed by atoms with van der Waals surface area (Å²) < 4.78 is 11.2. The SMILES string of the molecule is COc1cc([C@H]2C3=CC[C@@H]4C(=O)N(C5CCN(Cc6ccccc6)CC5)C(=O)[C@@H]4[C@@H]3C[C@H]3C(=O)N(C4CCN(Cc5ccccc5)CC4)C(=O)[C@@H]23)cc(OC)c1O. The Hall–Kier alpha value is -5.00. The molecule has 0 unspecified atom stereocenters. The highest BCUT2D eigenvalue weighted by Crippen LogP contribution is 2.59. The number of allylic oxidation sites excluding steroid dienone is 2. The van der Waals surface area contributed by atoms with Crippen molar-refractivity contribution in [2.24, 2.45) is 29.6 Å². The van der Waals surface area contributed by atoms with Crippen LogP contribution in [0.4, 0.5) is 0 Å². The number of nitrogens with zero attached hydrogens (tertiary/aromatic N) is 4. The van der Waals surface area contributed by atoms with E-state index in [-0.39, 0.29) is 58.9 Å². The van der Waals surface area contributed by atoms with Crippen molar-refractivity contribution in [3.63, 3.8) is 0 Å². The Morgan fingerprint density at radius 3 is 1.58 bits per heavy atom. The van der Waals surface area contributed by atoms with E-state index in [1.807, 2.05) is 36.4 Å². The van der Waals surface area contributed by atoms with Crippen molar-refractivity contribution in [1.29, 1.82) is 0 Å². The van der Waals surface area contributed by atoms with Crippen LogP contribution in [0, 0.1) is 29.6 Å². The maximum Gasteiger partial charge on any atom is 0.234 e. The van der Waals surface area contributed by atoms with E-state index in [0.29, 0.717) is 31.2 Å². The zero-order valence-corrected chi connectivity index (χ0v) is 32.8. The summed E-state index contributed by atoms with van der Waals surface area (Å²) in [7, 11) is 2.93. The van der Waals surface area contributed by atoms with E-state index in [2.05, 4.69) is 40.1 Å². The van der Waals surface area contributed by atoms with Gasteiger partial charge in [0, 0.05) is 57.3 Å². The van der Waals surface area contributed by atoms with Crippen molar-refractivity contribution < 1.29 is 33.8 Å². The Balaban J connectivity index is 0.995. The maximum atomic E-state index is 14.8. The third-order valence-electron chi connectivity index (χ3n) is 13.9. The molecular weight excluding hydrogens is 721 g/mol. The molecule has 57 heavy (non-hydrogen) atoms. The van der Waals surface area contributed by atoms with E-state index < -0.39 is 29.6 Å². The van der Waals surface area contributed by atoms with Crippen LogP contribution in [0.15, 0.2) is 84.4 Å². The van der Waals surface area contributed by atoms with Crippen LogP contribution in [0.3, 0.4) is 0 Å². The number of ether oxygens (including phenoxy) is 2. The molecule has 6 aliphatic rings. The largest absolute Gasteiger partial charge is 0.502 e. The number of imide groups is 2. The molecule has 0 radical (unpaired) electrons. The number of methoxy groups -OCH3 is 2. The van der Waals surface area contributed by atoms with E-state index in [9.17, 15) is 24.3 Å². The maximum absolute atomic E-state index is 14.8. The number of hydrogen-bond acceptors (Lipinski definition) is 9. The molecule has 9 rings (SSSR count). The third kappa shape index (κ3) is 6.62. The number of carbonyl (C=O) groups is 4. The number of hydrogen-bond donors (Lipinski definition) is 1. The first-order valence-corrected chi connectivity index (χ1v) is 20.7. The summed E-state index contributed by atoms with van der Waals surface area (Å²) in [5.41, 5.74) is 4.09. The molecule has 1 saturated carbocycles. The molecule has 4 amide bonds. The number of likely N-dealkylation sites (tertiary alicyclic amines) is 4. The van der Waals surface area contributed by atoms with Crippen LogP contribution in [-0.4, -0.2) is 101 Å². The van der Waals surface area contributed by atoms with Crippen LogP contribution in [0.5, 0.6) is 17.2 Å². The van der Waals surface area contributed by atoms with Crippen molar-refractivity contribution in [3.05, 3.63) is 101 Å². The lowest BCUT2D eigenvalue weighted by Gasteiger charge is -2.44. The van der Waals surface area contributed by atoms with Crippen molar-refractivity contribution in [2.45, 2.75) is 69.6 Å². The highest BCUT2D eigenvalue weighted by atomic mass is 16.5. The molecule has 0 spiro atoms. The molecule has 1 N–H and O–H groups in total. The smallest absolute Gasteiger partial charge is 0.234 e. The summed E-state index contributed by atoms with van der Waals surface area (Å²) >= 11 is 0. The monoisotopic (exact) mass is 772 g/mol. The predicted octanol–water partition coefficient (Wildman–Crippen LogP) is 5.37. The quantitative estimate of drug-likeness (QED) is 0.226. The van der Waals surface area contributed by atoms with Crippen LogP contribution in [-0.2, 0) is 32.3 Å². The van der Waals surface area contributed by atoms with Gasteiger partial charge < -0.3 is 14.6 Å². The van der Waals surface area contributed by atoms with Crippen LogP contribution in [0.2, 0.25) is 0 Å². The molecule has 11 heteroatoms. The normalized spacial score (nSPS) is 28.6. The second-order valence-electron chi connectivity index (χ2n) is 16.9. The molecule has 3 aromatic carbocycles. The van der Waals surface area contributed by atoms with Crippen molar-refractivity contribution >= 4 is 23.6 Å². The number of aromatic hydroxyl groups is 1. The van der Waals surface area contributed by atoms with Gasteiger partial charge in [0.15, 0.2) is 11.5 Å². The van der Waals surface area contributed by atoms with Gasteiger partial charge in [-0.2, -0.15) is 0 Å². The molecule has 11 nitrogen and oxygen atoms in total. The van der Waals surface area contributed by atoms with Crippen LogP contribution >= 0.6 is 0 Å². The number of piperidine rings is 2. The molecule has 298 valence electrons. The molecule has 0 bridgehead atoms. The van der Waals surface area contributed by atoms with Gasteiger partial charge in [-0.25, -0.2) is 0 Å². The Morgan fingerprint density at radius 1 is 0.614 bits per heavy atom. The van der Waals surface area contributed by atoms with Gasteiger partial charge in [0.2, 0.25) is 29.4 Å². The van der Waals surface area contributed by atoms with Crippen LogP contribution < -0.4 is 9.47 Å². The number of amides is 4. The second kappa shape index (κ2) is 15.4. The molecule has 4 aliphatic heterocycles. The number of phenolic OH excluding ortho intramolecular Hbond substituents is 1. The molecule has 4 saturated heterocycles. The van der Waals surface area contributed by atoms with Gasteiger partial charge in [-0.05, 0) is 73.3 Å². The van der Waals surface area contributed by atoms with E-state index in [1.54, 1.807) is 21.9 Å². The van der Waals surface area contributed by atoms with Crippen LogP contribution in [0.1, 0.15) is 61.1 Å². The highest BCUT2D eigenvalue weighted by molar-refractivity contribution is 6.08. The molecule has 6 atom stereocenters. The fourth-order valence-corrected chi connectivity index (χ4v) is 11.2. The van der Waals surface area contributed by atoms with E-state index >= 15 is 0 Å². The number of phenols is 1. The van der Waals surface area contributed by atoms with Gasteiger partial charge in [-0.1, -0.05) is 72.3 Å². The standard InChI is InChI=1S/C46H52N4O7/c1-56-37-23-30(24-38(57-2)42(37)51)39-33-13-14-34-40(45(54)49(43(34)52)31-15-19-47(20-16-31)26-28-9-5-3-6-10-28)35(33)25-36-41(39)46(55)50(44(36)53)32-17-21-48(22-18-32)27-29-11-7-4-8-12-29/h3-13,23-24,31-32,34-36,39-41,51H,14-22,25-27H2,1-2H3/t34-,35+,36+,39-,40-,41+/m0/s1. The molecule has 5 fully saturated rings. The first-order chi connectivity index (χ1) is 27.7. The first-order valence-electron chi connectivity index (χ1n) is 20.7. The van der Waals surface area contributed by atoms with Gasteiger partial charge >= 0.3 is 0 Å². The third-order valence-corrected chi connectivity index (χ3v) is 13.9. The summed E-state index contributed by atoms with van der Waals surface area (Å²) in [6.07, 6.45) is 5.66. The summed E-state index contributed by atoms with van der Waals surface area (Å²) in [6.45, 7) is 4.80. The van der Waals surface area contributed by atoms with Gasteiger partial charge in [0.1, 0.15) is 0 Å². The number of fused-ring (bicyclic) bond motifs is 4.